The summed E-state index contributed by atoms with van der Waals surface area (Å²) in [6.07, 6.45) is 7.49. The first kappa shape index (κ1) is 12.0. The molecule has 0 aromatic rings. The van der Waals surface area contributed by atoms with Crippen molar-refractivity contribution in [2.75, 3.05) is 19.6 Å². The van der Waals surface area contributed by atoms with Crippen LogP contribution in [-0.2, 0) is 0 Å². The van der Waals surface area contributed by atoms with Gasteiger partial charge in [0.15, 0.2) is 0 Å². The Kier molecular flexibility index (Phi) is 3.90. The second-order valence-corrected chi connectivity index (χ2v) is 5.27. The van der Waals surface area contributed by atoms with E-state index in [1.165, 1.54) is 32.1 Å². The minimum absolute atomic E-state index is 0.161. The summed E-state index contributed by atoms with van der Waals surface area (Å²) >= 11 is 0. The Morgan fingerprint density at radius 3 is 2.38 bits per heavy atom. The summed E-state index contributed by atoms with van der Waals surface area (Å²) < 4.78 is 14.0. The first-order chi connectivity index (χ1) is 7.73. The highest BCUT2D eigenvalue weighted by molar-refractivity contribution is 4.90. The van der Waals surface area contributed by atoms with E-state index >= 15 is 0 Å². The van der Waals surface area contributed by atoms with Gasteiger partial charge in [0.1, 0.15) is 12.2 Å². The average Bonchev–Trinajstić information content (AvgIpc) is 2.31. The lowest BCUT2D eigenvalue weighted by Gasteiger charge is -2.41. The maximum atomic E-state index is 14.0. The van der Waals surface area contributed by atoms with Gasteiger partial charge in [-0.15, -0.1) is 0 Å². The molecule has 0 N–H and O–H groups in total. The predicted octanol–water partition coefficient (Wildman–Crippen LogP) is 2.89. The predicted molar refractivity (Wildman–Crippen MR) is 62.2 cm³/mol. The van der Waals surface area contributed by atoms with Gasteiger partial charge in [-0.25, -0.2) is 4.39 Å². The van der Waals surface area contributed by atoms with Gasteiger partial charge in [-0.1, -0.05) is 24.4 Å². The number of nitrogens with zero attached hydrogens (tertiary/aromatic N) is 2. The molecule has 0 spiro atoms. The molecule has 1 saturated carbocycles. The highest BCUT2D eigenvalue weighted by Gasteiger charge is 2.36. The molecule has 92 valence electrons. The second-order valence-electron chi connectivity index (χ2n) is 5.27. The minimum atomic E-state index is -1.31. The summed E-state index contributed by atoms with van der Waals surface area (Å²) in [5.41, 5.74) is -1.31. The largest absolute Gasteiger partial charge is 0.300 e. The van der Waals surface area contributed by atoms with Crippen molar-refractivity contribution in [3.63, 3.8) is 0 Å². The number of alkyl halides is 1. The van der Waals surface area contributed by atoms with Crippen LogP contribution >= 0.6 is 0 Å². The first-order valence-corrected chi connectivity index (χ1v) is 6.46. The third-order valence-electron chi connectivity index (χ3n) is 4.13. The van der Waals surface area contributed by atoms with E-state index in [-0.39, 0.29) is 6.54 Å². The fourth-order valence-corrected chi connectivity index (χ4v) is 3.01. The van der Waals surface area contributed by atoms with Crippen molar-refractivity contribution in [3.8, 4) is 0 Å². The normalized spacial score (nSPS) is 27.8. The number of hydrogen-bond donors (Lipinski definition) is 0. The van der Waals surface area contributed by atoms with Gasteiger partial charge in [-0.3, -0.25) is 0 Å². The van der Waals surface area contributed by atoms with Crippen LogP contribution in [0.25, 0.3) is 0 Å². The molecule has 0 aromatic carbocycles. The van der Waals surface area contributed by atoms with Crippen LogP contribution in [0.3, 0.4) is 0 Å². The molecule has 2 rings (SSSR count). The number of piperidine rings is 1. The molecule has 1 aliphatic carbocycles. The Bertz CT molecular complexity index is 233. The summed E-state index contributed by atoms with van der Waals surface area (Å²) in [7, 11) is 0. The van der Waals surface area contributed by atoms with Crippen molar-refractivity contribution in [3.05, 3.63) is 4.91 Å². The molecular formula is C12H21FN2O. The summed E-state index contributed by atoms with van der Waals surface area (Å²) in [5.74, 6) is 0. The quantitative estimate of drug-likeness (QED) is 0.696. The van der Waals surface area contributed by atoms with E-state index < -0.39 is 5.67 Å². The van der Waals surface area contributed by atoms with Crippen LogP contribution in [0.1, 0.15) is 44.9 Å². The SMILES string of the molecule is O=NCC1(F)CCN(C2CCCCC2)CC1. The zero-order valence-electron chi connectivity index (χ0n) is 9.83. The molecule has 1 heterocycles. The number of hydrogen-bond acceptors (Lipinski definition) is 3. The lowest BCUT2D eigenvalue weighted by Crippen LogP contribution is -2.48. The van der Waals surface area contributed by atoms with Gasteiger partial charge < -0.3 is 4.90 Å². The fourth-order valence-electron chi connectivity index (χ4n) is 3.01. The fraction of sp³-hybridized carbons (Fsp3) is 1.00. The summed E-state index contributed by atoms with van der Waals surface area (Å²) in [6.45, 7) is 1.44. The van der Waals surface area contributed by atoms with E-state index in [9.17, 15) is 9.30 Å². The summed E-state index contributed by atoms with van der Waals surface area (Å²) in [6, 6.07) is 0.669. The van der Waals surface area contributed by atoms with Gasteiger partial charge in [0, 0.05) is 19.1 Å². The zero-order valence-corrected chi connectivity index (χ0v) is 9.83. The molecule has 0 atom stereocenters. The third kappa shape index (κ3) is 2.78. The topological polar surface area (TPSA) is 32.7 Å². The molecule has 0 amide bonds. The molecule has 0 radical (unpaired) electrons. The van der Waals surface area contributed by atoms with E-state index in [1.807, 2.05) is 0 Å². The Labute approximate surface area is 96.4 Å². The van der Waals surface area contributed by atoms with E-state index in [2.05, 4.69) is 10.1 Å². The van der Waals surface area contributed by atoms with Gasteiger partial charge in [-0.05, 0) is 25.7 Å². The molecule has 2 fully saturated rings. The number of rotatable bonds is 3. The summed E-state index contributed by atoms with van der Waals surface area (Å²) in [4.78, 5) is 12.6. The molecule has 3 nitrogen and oxygen atoms in total. The first-order valence-electron chi connectivity index (χ1n) is 6.46. The van der Waals surface area contributed by atoms with Gasteiger partial charge in [0.2, 0.25) is 0 Å². The Balaban J connectivity index is 1.81. The second kappa shape index (κ2) is 5.21. The molecule has 1 aliphatic heterocycles. The highest BCUT2D eigenvalue weighted by Crippen LogP contribution is 2.31. The number of nitroso groups, excluding NO2 is 1. The van der Waals surface area contributed by atoms with Crippen molar-refractivity contribution in [2.24, 2.45) is 5.18 Å². The van der Waals surface area contributed by atoms with Crippen LogP contribution < -0.4 is 0 Å². The average molecular weight is 228 g/mol. The Hall–Kier alpha value is -0.510. The molecule has 4 heteroatoms. The molecule has 1 saturated heterocycles. The molecular weight excluding hydrogens is 207 g/mol. The van der Waals surface area contributed by atoms with E-state index in [1.54, 1.807) is 0 Å². The number of likely N-dealkylation sites (tertiary alicyclic amines) is 1. The molecule has 0 unspecified atom stereocenters. The number of halogens is 1. The van der Waals surface area contributed by atoms with E-state index in [4.69, 9.17) is 0 Å². The molecule has 16 heavy (non-hydrogen) atoms. The van der Waals surface area contributed by atoms with Crippen molar-refractivity contribution in [2.45, 2.75) is 56.7 Å². The van der Waals surface area contributed by atoms with Crippen LogP contribution in [0.5, 0.6) is 0 Å². The van der Waals surface area contributed by atoms with Gasteiger partial charge in [-0.2, -0.15) is 4.91 Å². The zero-order chi connectivity index (χ0) is 11.4. The van der Waals surface area contributed by atoms with Crippen LogP contribution in [-0.4, -0.2) is 36.2 Å². The van der Waals surface area contributed by atoms with Crippen molar-refractivity contribution >= 4 is 0 Å². The highest BCUT2D eigenvalue weighted by atomic mass is 19.1. The van der Waals surface area contributed by atoms with Gasteiger partial charge >= 0.3 is 0 Å². The van der Waals surface area contributed by atoms with Gasteiger partial charge in [0.05, 0.1) is 0 Å². The van der Waals surface area contributed by atoms with Crippen LogP contribution in [0.4, 0.5) is 4.39 Å². The van der Waals surface area contributed by atoms with Gasteiger partial charge in [0.25, 0.3) is 0 Å². The Morgan fingerprint density at radius 2 is 1.81 bits per heavy atom. The van der Waals surface area contributed by atoms with Crippen molar-refractivity contribution < 1.29 is 4.39 Å². The molecule has 0 aromatic heterocycles. The lowest BCUT2D eigenvalue weighted by atomic mass is 9.89. The van der Waals surface area contributed by atoms with E-state index in [0.717, 1.165) is 13.1 Å². The molecule has 0 bridgehead atoms. The maximum Gasteiger partial charge on any atom is 0.136 e. The lowest BCUT2D eigenvalue weighted by molar-refractivity contribution is 0.0350. The van der Waals surface area contributed by atoms with Crippen LogP contribution in [0.15, 0.2) is 5.18 Å². The van der Waals surface area contributed by atoms with Crippen LogP contribution in [0.2, 0.25) is 0 Å². The maximum absolute atomic E-state index is 14.0. The standard InChI is InChI=1S/C12H21FN2O/c13-12(10-14-16)6-8-15(9-7-12)11-4-2-1-3-5-11/h11H,1-10H2. The minimum Gasteiger partial charge on any atom is -0.300 e. The van der Waals surface area contributed by atoms with E-state index in [0.29, 0.717) is 18.9 Å². The third-order valence-corrected chi connectivity index (χ3v) is 4.13. The van der Waals surface area contributed by atoms with Crippen LogP contribution in [0, 0.1) is 4.91 Å². The van der Waals surface area contributed by atoms with Crippen molar-refractivity contribution in [1.82, 2.24) is 4.90 Å². The Morgan fingerprint density at radius 1 is 1.19 bits per heavy atom. The monoisotopic (exact) mass is 228 g/mol. The van der Waals surface area contributed by atoms with Crippen molar-refractivity contribution in [1.29, 1.82) is 0 Å². The summed E-state index contributed by atoms with van der Waals surface area (Å²) in [5, 5.41) is 2.73. The smallest absolute Gasteiger partial charge is 0.136 e. The molecule has 2 aliphatic rings.